The number of nitriles is 1. The fraction of sp³-hybridized carbons (Fsp3) is 0.465. The van der Waals surface area contributed by atoms with Crippen molar-refractivity contribution in [1.82, 2.24) is 20.1 Å². The number of carbonyl (C=O) groups excluding carboxylic acids is 2. The first-order valence-electron chi connectivity index (χ1n) is 19.7. The topological polar surface area (TPSA) is 185 Å². The molecule has 302 valence electrons. The molecule has 0 unspecified atom stereocenters. The molecule has 0 radical (unpaired) electrons. The lowest BCUT2D eigenvalue weighted by Crippen LogP contribution is -2.69. The number of nitrogens with zero attached hydrogens (tertiary/aromatic N) is 3. The average Bonchev–Trinajstić information content (AvgIpc) is 3.83. The fourth-order valence-corrected chi connectivity index (χ4v) is 12.7. The van der Waals surface area contributed by atoms with Crippen LogP contribution in [0.5, 0.6) is 28.7 Å². The third kappa shape index (κ3) is 4.99. The van der Waals surface area contributed by atoms with Crippen LogP contribution in [0, 0.1) is 32.1 Å². The molecular formula is C43H46N6O8S. The normalized spacial score (nSPS) is 29.6. The number of H-pyrrole nitrogens is 1. The molecule has 8 atom stereocenters. The molecule has 3 aromatic carbocycles. The Morgan fingerprint density at radius 1 is 1.12 bits per heavy atom. The van der Waals surface area contributed by atoms with Gasteiger partial charge < -0.3 is 39.5 Å². The van der Waals surface area contributed by atoms with Crippen molar-refractivity contribution >= 4 is 34.6 Å². The Bertz CT molecular complexity index is 2500. The third-order valence-electron chi connectivity index (χ3n) is 13.4. The number of nitrogens with two attached hydrogens (primary N) is 1. The first kappa shape index (κ1) is 37.3. The summed E-state index contributed by atoms with van der Waals surface area (Å²) in [5.41, 5.74) is 13.3. The minimum Gasteiger partial charge on any atom is -0.504 e. The Morgan fingerprint density at radius 3 is 2.66 bits per heavy atom. The Hall–Kier alpha value is -4.98. The second-order valence-electron chi connectivity index (χ2n) is 16.5. The number of hydrogen-bond donors (Lipinski definition) is 4. The summed E-state index contributed by atoms with van der Waals surface area (Å²) in [7, 11) is 3.56. The van der Waals surface area contributed by atoms with E-state index in [4.69, 9.17) is 29.4 Å². The zero-order chi connectivity index (χ0) is 40.5. The van der Waals surface area contributed by atoms with Gasteiger partial charge in [0.15, 0.2) is 28.5 Å². The van der Waals surface area contributed by atoms with E-state index in [9.17, 15) is 15.2 Å². The number of benzene rings is 3. The maximum absolute atomic E-state index is 15.1. The number of thioether (sulfide) groups is 1. The molecule has 15 heteroatoms. The molecule has 4 aromatic rings. The summed E-state index contributed by atoms with van der Waals surface area (Å²) < 4.78 is 30.9. The fourth-order valence-electron chi connectivity index (χ4n) is 11.1. The van der Waals surface area contributed by atoms with Crippen LogP contribution in [0.25, 0.3) is 10.9 Å². The number of aromatic hydroxyl groups is 1. The Morgan fingerprint density at radius 2 is 1.91 bits per heavy atom. The molecule has 0 amide bonds. The predicted octanol–water partition coefficient (Wildman–Crippen LogP) is 4.39. The summed E-state index contributed by atoms with van der Waals surface area (Å²) in [4.78, 5) is 36.2. The minimum absolute atomic E-state index is 0.0495. The molecule has 1 spiro atoms. The van der Waals surface area contributed by atoms with Crippen LogP contribution in [0.15, 0.2) is 24.3 Å². The Balaban J connectivity index is 1.26. The van der Waals surface area contributed by atoms with Gasteiger partial charge in [-0.2, -0.15) is 5.26 Å². The third-order valence-corrected chi connectivity index (χ3v) is 14.9. The van der Waals surface area contributed by atoms with Crippen LogP contribution in [-0.4, -0.2) is 95.9 Å². The lowest BCUT2D eigenvalue weighted by Gasteiger charge is -2.62. The van der Waals surface area contributed by atoms with E-state index in [-0.39, 0.29) is 43.5 Å². The van der Waals surface area contributed by atoms with Crippen LogP contribution in [0.1, 0.15) is 74.5 Å². The summed E-state index contributed by atoms with van der Waals surface area (Å²) in [6, 6.07) is 8.04. The highest BCUT2D eigenvalue weighted by atomic mass is 32.2. The number of likely N-dealkylation sites (N-methyl/N-ethyl adjacent to an activating group) is 1. The lowest BCUT2D eigenvalue weighted by atomic mass is 9.71. The van der Waals surface area contributed by atoms with Gasteiger partial charge in [0.05, 0.1) is 36.2 Å². The van der Waals surface area contributed by atoms with E-state index in [2.05, 4.69) is 45.2 Å². The number of phenolic OH excluding ortho intramolecular Hbond substituents is 1. The summed E-state index contributed by atoms with van der Waals surface area (Å²) in [5, 5.41) is 27.5. The summed E-state index contributed by atoms with van der Waals surface area (Å²) >= 11 is 1.53. The maximum atomic E-state index is 15.1. The van der Waals surface area contributed by atoms with Crippen LogP contribution in [0.3, 0.4) is 0 Å². The van der Waals surface area contributed by atoms with Crippen molar-refractivity contribution in [3.05, 3.63) is 74.5 Å². The predicted molar refractivity (Wildman–Crippen MR) is 214 cm³/mol. The SMILES string of the molecule is COc1c(C)cc2c(c1O)[C@@H]1[C@@H]3[C@@H]4SC[C@]5(N[C@@H](CN)Cc6c5[nH]c5ccc(C)cc65)C(=O)OC[C@@H](c5c6c(c(C)c(OC(C)=O)c54)OCO6)N3[C@@H](C#N)[C@H](C2)N1C. The second-order valence-corrected chi connectivity index (χ2v) is 17.7. The number of piperazine rings is 1. The zero-order valence-electron chi connectivity index (χ0n) is 33.2. The maximum Gasteiger partial charge on any atom is 0.333 e. The van der Waals surface area contributed by atoms with Gasteiger partial charge in [0.2, 0.25) is 6.79 Å². The van der Waals surface area contributed by atoms with Crippen molar-refractivity contribution in [2.24, 2.45) is 5.73 Å². The quantitative estimate of drug-likeness (QED) is 0.169. The highest BCUT2D eigenvalue weighted by Crippen LogP contribution is 2.64. The number of carbonyl (C=O) groups is 2. The van der Waals surface area contributed by atoms with Gasteiger partial charge in [-0.1, -0.05) is 17.7 Å². The standard InChI is InChI=1S/C43H46N6O8S/c1-18-7-8-26-24(9-18)25-12-23(13-44)47-43(41(25)46-26)16-58-40-32-31(39-38(55-17-56-39)20(3)37(32)57-21(4)50)29(15-54-42(43)52)49-28(14-45)27-11-22-10-19(2)36(53-6)35(51)30(22)33(34(40)49)48(27)5/h7-10,23,27-29,33-34,40,46-47,51H,11-13,15-17,44H2,1-6H3/t23-,27+,28+,29+,33-,34-,40-,43-/m1/s1. The van der Waals surface area contributed by atoms with E-state index in [1.54, 1.807) is 7.11 Å². The van der Waals surface area contributed by atoms with Crippen molar-refractivity contribution in [3.63, 3.8) is 0 Å². The van der Waals surface area contributed by atoms with Crippen LogP contribution < -0.4 is 30.0 Å². The average molecular weight is 807 g/mol. The van der Waals surface area contributed by atoms with E-state index in [0.29, 0.717) is 52.5 Å². The van der Waals surface area contributed by atoms with Crippen molar-refractivity contribution in [2.45, 2.75) is 87.6 Å². The van der Waals surface area contributed by atoms with Crippen LogP contribution in [0.4, 0.5) is 0 Å². The van der Waals surface area contributed by atoms with Gasteiger partial charge >= 0.3 is 11.9 Å². The number of phenols is 1. The molecular weight excluding hydrogens is 761 g/mol. The number of ether oxygens (including phenoxy) is 5. The number of aromatic nitrogens is 1. The van der Waals surface area contributed by atoms with Crippen molar-refractivity contribution in [1.29, 1.82) is 5.26 Å². The highest BCUT2D eigenvalue weighted by Gasteiger charge is 2.62. The summed E-state index contributed by atoms with van der Waals surface area (Å²) in [6.07, 6.45) is 1.12. The summed E-state index contributed by atoms with van der Waals surface area (Å²) in [6.45, 7) is 7.28. The van der Waals surface area contributed by atoms with Gasteiger partial charge in [-0.15, -0.1) is 11.8 Å². The number of rotatable bonds is 3. The van der Waals surface area contributed by atoms with E-state index >= 15 is 4.79 Å². The molecule has 0 aliphatic carbocycles. The van der Waals surface area contributed by atoms with E-state index in [1.165, 1.54) is 18.7 Å². The number of aromatic amines is 1. The highest BCUT2D eigenvalue weighted by molar-refractivity contribution is 7.99. The Kier molecular flexibility index (Phi) is 8.53. The van der Waals surface area contributed by atoms with E-state index in [1.807, 2.05) is 33.0 Å². The molecule has 2 saturated heterocycles. The number of fused-ring (bicyclic) bond motifs is 11. The molecule has 1 aromatic heterocycles. The first-order valence-corrected chi connectivity index (χ1v) is 20.8. The molecule has 4 bridgehead atoms. The molecule has 0 saturated carbocycles. The zero-order valence-corrected chi connectivity index (χ0v) is 34.0. The van der Waals surface area contributed by atoms with Crippen LogP contribution in [-0.2, 0) is 32.7 Å². The monoisotopic (exact) mass is 806 g/mol. The second kappa shape index (κ2) is 13.3. The molecule has 14 nitrogen and oxygen atoms in total. The molecule has 2 fully saturated rings. The number of esters is 2. The van der Waals surface area contributed by atoms with Gasteiger partial charge in [-0.05, 0) is 69.5 Å². The number of nitrogens with one attached hydrogen (secondary N) is 2. The molecule has 11 rings (SSSR count). The van der Waals surface area contributed by atoms with Gasteiger partial charge in [0, 0.05) is 70.5 Å². The molecule has 7 aliphatic rings. The molecule has 5 N–H and O–H groups in total. The van der Waals surface area contributed by atoms with Gasteiger partial charge in [0.1, 0.15) is 18.4 Å². The smallest absolute Gasteiger partial charge is 0.333 e. The number of aryl methyl sites for hydroxylation is 2. The van der Waals surface area contributed by atoms with Gasteiger partial charge in [-0.25, -0.2) is 4.79 Å². The van der Waals surface area contributed by atoms with Crippen molar-refractivity contribution in [2.75, 3.05) is 39.9 Å². The van der Waals surface area contributed by atoms with E-state index < -0.39 is 46.9 Å². The molecule has 7 aliphatic heterocycles. The minimum atomic E-state index is -1.35. The van der Waals surface area contributed by atoms with Crippen LogP contribution >= 0.6 is 11.8 Å². The first-order chi connectivity index (χ1) is 27.9. The number of methoxy groups -OCH3 is 1. The van der Waals surface area contributed by atoms with Crippen LogP contribution in [0.2, 0.25) is 0 Å². The van der Waals surface area contributed by atoms with Crippen molar-refractivity contribution < 1.29 is 38.4 Å². The lowest BCUT2D eigenvalue weighted by molar-refractivity contribution is -0.158. The van der Waals surface area contributed by atoms with Gasteiger partial charge in [0.25, 0.3) is 0 Å². The molecule has 8 heterocycles. The number of hydrogen-bond acceptors (Lipinski definition) is 14. The summed E-state index contributed by atoms with van der Waals surface area (Å²) in [5.74, 6) is 0.962. The Labute approximate surface area is 339 Å². The van der Waals surface area contributed by atoms with E-state index in [0.717, 1.165) is 44.4 Å². The largest absolute Gasteiger partial charge is 0.504 e. The molecule has 58 heavy (non-hydrogen) atoms. The van der Waals surface area contributed by atoms with Crippen molar-refractivity contribution in [3.8, 4) is 34.8 Å². The van der Waals surface area contributed by atoms with Gasteiger partial charge in [-0.3, -0.25) is 19.9 Å².